The van der Waals surface area contributed by atoms with Crippen molar-refractivity contribution in [2.45, 2.75) is 39.3 Å². The molecule has 6 nitrogen and oxygen atoms in total. The predicted octanol–water partition coefficient (Wildman–Crippen LogP) is 1.04. The zero-order valence-corrected chi connectivity index (χ0v) is 10.6. The average molecular weight is 241 g/mol. The molecule has 17 heavy (non-hydrogen) atoms. The van der Waals surface area contributed by atoms with Crippen LogP contribution >= 0.6 is 0 Å². The number of likely N-dealkylation sites (N-methyl/N-ethyl adjacent to an activating group) is 1. The Balaban J connectivity index is 4.74. The average Bonchev–Trinajstić information content (AvgIpc) is 2.23. The molecule has 0 rings (SSSR count). The van der Waals surface area contributed by atoms with Crippen LogP contribution in [0.4, 0.5) is 4.79 Å². The van der Waals surface area contributed by atoms with Gasteiger partial charge in [0.1, 0.15) is 12.1 Å². The van der Waals surface area contributed by atoms with Gasteiger partial charge in [0, 0.05) is 7.05 Å². The number of carboxylic acid groups (broad SMARTS) is 1. The molecular formula is C11H19N3O3. The first kappa shape index (κ1) is 15.2. The quantitative estimate of drug-likeness (QED) is 0.752. The van der Waals surface area contributed by atoms with Crippen molar-refractivity contribution in [1.82, 2.24) is 10.2 Å². The van der Waals surface area contributed by atoms with Gasteiger partial charge in [-0.1, -0.05) is 13.8 Å². The van der Waals surface area contributed by atoms with Gasteiger partial charge in [-0.05, 0) is 19.3 Å². The van der Waals surface area contributed by atoms with Gasteiger partial charge in [0.15, 0.2) is 0 Å². The molecule has 0 aliphatic heterocycles. The number of nitrogens with one attached hydrogen (secondary N) is 1. The molecular weight excluding hydrogens is 222 g/mol. The van der Waals surface area contributed by atoms with Crippen LogP contribution in [-0.2, 0) is 4.79 Å². The van der Waals surface area contributed by atoms with E-state index < -0.39 is 18.2 Å². The van der Waals surface area contributed by atoms with Crippen molar-refractivity contribution in [3.05, 3.63) is 0 Å². The molecule has 2 N–H and O–H groups in total. The number of carbonyl (C=O) groups excluding carboxylic acids is 1. The van der Waals surface area contributed by atoms with Crippen molar-refractivity contribution >= 4 is 12.0 Å². The SMILES string of the molecule is CC(C)CC(NC(=O)O)C(=O)N(C)C(C)C#N. The Labute approximate surface area is 101 Å². The Morgan fingerprint density at radius 3 is 2.29 bits per heavy atom. The Bertz CT molecular complexity index is 322. The summed E-state index contributed by atoms with van der Waals surface area (Å²) < 4.78 is 0. The minimum atomic E-state index is -1.23. The van der Waals surface area contributed by atoms with E-state index in [0.29, 0.717) is 6.42 Å². The van der Waals surface area contributed by atoms with Crippen LogP contribution < -0.4 is 5.32 Å². The van der Waals surface area contributed by atoms with Crippen LogP contribution in [0.5, 0.6) is 0 Å². The van der Waals surface area contributed by atoms with Crippen molar-refractivity contribution in [2.24, 2.45) is 5.92 Å². The second kappa shape index (κ2) is 6.74. The first-order valence-electron chi connectivity index (χ1n) is 5.45. The molecule has 0 aliphatic carbocycles. The van der Waals surface area contributed by atoms with Gasteiger partial charge in [0.25, 0.3) is 0 Å². The van der Waals surface area contributed by atoms with Crippen LogP contribution in [0.15, 0.2) is 0 Å². The topological polar surface area (TPSA) is 93.4 Å². The molecule has 0 heterocycles. The van der Waals surface area contributed by atoms with Gasteiger partial charge in [0.05, 0.1) is 6.07 Å². The highest BCUT2D eigenvalue weighted by molar-refractivity contribution is 5.85. The molecule has 0 radical (unpaired) electrons. The Morgan fingerprint density at radius 2 is 1.94 bits per heavy atom. The molecule has 0 saturated heterocycles. The molecule has 2 unspecified atom stereocenters. The molecule has 0 aromatic carbocycles. The van der Waals surface area contributed by atoms with Crippen molar-refractivity contribution in [1.29, 1.82) is 5.26 Å². The summed E-state index contributed by atoms with van der Waals surface area (Å²) in [5, 5.41) is 19.6. The maximum atomic E-state index is 12.0. The number of rotatable bonds is 5. The van der Waals surface area contributed by atoms with Crippen LogP contribution in [0, 0.1) is 17.2 Å². The molecule has 6 heteroatoms. The lowest BCUT2D eigenvalue weighted by Crippen LogP contribution is -2.49. The number of carbonyl (C=O) groups is 2. The van der Waals surface area contributed by atoms with Crippen LogP contribution in [-0.4, -0.2) is 41.1 Å². The summed E-state index contributed by atoms with van der Waals surface area (Å²) in [6, 6.07) is 0.563. The fraction of sp³-hybridized carbons (Fsp3) is 0.727. The summed E-state index contributed by atoms with van der Waals surface area (Å²) in [7, 11) is 1.49. The summed E-state index contributed by atoms with van der Waals surface area (Å²) in [6.07, 6.45) is -0.824. The number of nitriles is 1. The minimum absolute atomic E-state index is 0.182. The molecule has 0 fully saturated rings. The molecule has 0 aromatic heterocycles. The van der Waals surface area contributed by atoms with E-state index in [1.54, 1.807) is 6.92 Å². The zero-order valence-electron chi connectivity index (χ0n) is 10.6. The van der Waals surface area contributed by atoms with Gasteiger partial charge < -0.3 is 15.3 Å². The van der Waals surface area contributed by atoms with Crippen LogP contribution in [0.25, 0.3) is 0 Å². The standard InChI is InChI=1S/C11H19N3O3/c1-7(2)5-9(13-11(16)17)10(15)14(4)8(3)6-12/h7-9,13H,5H2,1-4H3,(H,16,17). The lowest BCUT2D eigenvalue weighted by Gasteiger charge is -2.26. The molecule has 0 aliphatic rings. The van der Waals surface area contributed by atoms with Gasteiger partial charge in [-0.25, -0.2) is 4.79 Å². The number of amides is 2. The highest BCUT2D eigenvalue weighted by Crippen LogP contribution is 2.09. The first-order chi connectivity index (χ1) is 7.79. The molecule has 2 amide bonds. The summed E-state index contributed by atoms with van der Waals surface area (Å²) in [5.41, 5.74) is 0. The van der Waals surface area contributed by atoms with Crippen molar-refractivity contribution in [3.8, 4) is 6.07 Å². The third-order valence-electron chi connectivity index (χ3n) is 2.42. The van der Waals surface area contributed by atoms with E-state index >= 15 is 0 Å². The summed E-state index contributed by atoms with van der Waals surface area (Å²) in [5.74, 6) is -0.197. The minimum Gasteiger partial charge on any atom is -0.465 e. The summed E-state index contributed by atoms with van der Waals surface area (Å²) in [4.78, 5) is 23.8. The second-order valence-electron chi connectivity index (χ2n) is 4.39. The monoisotopic (exact) mass is 241 g/mol. The Kier molecular flexibility index (Phi) is 6.03. The largest absolute Gasteiger partial charge is 0.465 e. The van der Waals surface area contributed by atoms with Gasteiger partial charge in [-0.3, -0.25) is 4.79 Å². The number of nitrogens with zero attached hydrogens (tertiary/aromatic N) is 2. The van der Waals surface area contributed by atoms with E-state index in [0.717, 1.165) is 0 Å². The molecule has 2 atom stereocenters. The van der Waals surface area contributed by atoms with E-state index in [1.807, 2.05) is 19.9 Å². The van der Waals surface area contributed by atoms with Crippen LogP contribution in [0.3, 0.4) is 0 Å². The second-order valence-corrected chi connectivity index (χ2v) is 4.39. The van der Waals surface area contributed by atoms with Crippen molar-refractivity contribution in [3.63, 3.8) is 0 Å². The third-order valence-corrected chi connectivity index (χ3v) is 2.42. The lowest BCUT2D eigenvalue weighted by molar-refractivity contribution is -0.133. The van der Waals surface area contributed by atoms with E-state index in [-0.39, 0.29) is 11.8 Å². The van der Waals surface area contributed by atoms with Gasteiger partial charge in [-0.15, -0.1) is 0 Å². The highest BCUT2D eigenvalue weighted by atomic mass is 16.4. The van der Waals surface area contributed by atoms with Crippen molar-refractivity contribution in [2.75, 3.05) is 7.05 Å². The lowest BCUT2D eigenvalue weighted by atomic mass is 10.0. The fourth-order valence-corrected chi connectivity index (χ4v) is 1.37. The summed E-state index contributed by atoms with van der Waals surface area (Å²) in [6.45, 7) is 5.39. The summed E-state index contributed by atoms with van der Waals surface area (Å²) >= 11 is 0. The van der Waals surface area contributed by atoms with Crippen molar-refractivity contribution < 1.29 is 14.7 Å². The highest BCUT2D eigenvalue weighted by Gasteiger charge is 2.26. The van der Waals surface area contributed by atoms with E-state index in [2.05, 4.69) is 5.32 Å². The zero-order chi connectivity index (χ0) is 13.6. The van der Waals surface area contributed by atoms with Gasteiger partial charge in [0.2, 0.25) is 5.91 Å². The van der Waals surface area contributed by atoms with E-state index in [9.17, 15) is 9.59 Å². The smallest absolute Gasteiger partial charge is 0.405 e. The predicted molar refractivity (Wildman–Crippen MR) is 62.2 cm³/mol. The first-order valence-corrected chi connectivity index (χ1v) is 5.45. The molecule has 0 saturated carbocycles. The maximum absolute atomic E-state index is 12.0. The van der Waals surface area contributed by atoms with Crippen LogP contribution in [0.2, 0.25) is 0 Å². The maximum Gasteiger partial charge on any atom is 0.405 e. The third kappa shape index (κ3) is 5.20. The van der Waals surface area contributed by atoms with Gasteiger partial charge in [-0.2, -0.15) is 5.26 Å². The number of hydrogen-bond acceptors (Lipinski definition) is 3. The number of hydrogen-bond donors (Lipinski definition) is 2. The van der Waals surface area contributed by atoms with Crippen LogP contribution in [0.1, 0.15) is 27.2 Å². The Hall–Kier alpha value is -1.77. The van der Waals surface area contributed by atoms with Gasteiger partial charge >= 0.3 is 6.09 Å². The fourth-order valence-electron chi connectivity index (χ4n) is 1.37. The molecule has 0 bridgehead atoms. The molecule has 0 spiro atoms. The normalized spacial score (nSPS) is 13.6. The Morgan fingerprint density at radius 1 is 1.41 bits per heavy atom. The van der Waals surface area contributed by atoms with E-state index in [4.69, 9.17) is 10.4 Å². The van der Waals surface area contributed by atoms with E-state index in [1.165, 1.54) is 11.9 Å². The molecule has 96 valence electrons. The molecule has 0 aromatic rings.